The molecule has 0 bridgehead atoms. The topological polar surface area (TPSA) is 89.9 Å². The second kappa shape index (κ2) is 6.75. The van der Waals surface area contributed by atoms with Gasteiger partial charge in [-0.25, -0.2) is 0 Å². The second-order valence-electron chi connectivity index (χ2n) is 8.30. The van der Waals surface area contributed by atoms with Crippen LogP contribution in [-0.4, -0.2) is 40.7 Å². The van der Waals surface area contributed by atoms with Crippen molar-refractivity contribution in [3.63, 3.8) is 0 Å². The monoisotopic (exact) mass is 410 g/mol. The third-order valence-corrected chi connectivity index (χ3v) is 7.69. The first-order valence-corrected chi connectivity index (χ1v) is 14.3. The Labute approximate surface area is 161 Å². The van der Waals surface area contributed by atoms with E-state index in [2.05, 4.69) is 19.6 Å². The molecule has 1 aromatic rings. The fraction of sp³-hybridized carbons (Fsp3) is 0.526. The first kappa shape index (κ1) is 20.1. The predicted molar refractivity (Wildman–Crippen MR) is 106 cm³/mol. The van der Waals surface area contributed by atoms with Crippen LogP contribution in [0.3, 0.4) is 0 Å². The van der Waals surface area contributed by atoms with Gasteiger partial charge >= 0.3 is 10.1 Å². The van der Waals surface area contributed by atoms with Gasteiger partial charge in [0.1, 0.15) is 0 Å². The van der Waals surface area contributed by atoms with Crippen LogP contribution in [0.1, 0.15) is 36.5 Å². The van der Waals surface area contributed by atoms with Gasteiger partial charge in [0.25, 0.3) is 0 Å². The molecule has 0 unspecified atom stereocenters. The number of methoxy groups -OCH3 is 1. The Morgan fingerprint density at radius 1 is 1.22 bits per heavy atom. The normalized spacial score (nSPS) is 23.0. The van der Waals surface area contributed by atoms with Gasteiger partial charge in [-0.05, 0) is 41.2 Å². The molecule has 148 valence electrons. The van der Waals surface area contributed by atoms with Crippen molar-refractivity contribution in [1.29, 1.82) is 0 Å². The number of aliphatic hydroxyl groups excluding tert-OH is 1. The molecular formula is C19H26O6SSi. The van der Waals surface area contributed by atoms with Crippen LogP contribution in [0.5, 0.6) is 11.5 Å². The zero-order valence-corrected chi connectivity index (χ0v) is 18.1. The van der Waals surface area contributed by atoms with Crippen molar-refractivity contribution in [3.8, 4) is 11.5 Å². The van der Waals surface area contributed by atoms with Crippen LogP contribution in [0.2, 0.25) is 19.6 Å². The third kappa shape index (κ3) is 3.70. The van der Waals surface area contributed by atoms with Crippen molar-refractivity contribution < 1.29 is 27.2 Å². The summed E-state index contributed by atoms with van der Waals surface area (Å²) >= 11 is 0. The van der Waals surface area contributed by atoms with Crippen molar-refractivity contribution >= 4 is 29.5 Å². The molecule has 3 rings (SSSR count). The molecule has 0 fully saturated rings. The molecule has 27 heavy (non-hydrogen) atoms. The zero-order chi connectivity index (χ0) is 20.1. The summed E-state index contributed by atoms with van der Waals surface area (Å²) in [7, 11) is -4.29. The zero-order valence-electron chi connectivity index (χ0n) is 16.3. The van der Waals surface area contributed by atoms with Crippen molar-refractivity contribution in [3.05, 3.63) is 28.5 Å². The van der Waals surface area contributed by atoms with E-state index in [4.69, 9.17) is 8.92 Å². The van der Waals surface area contributed by atoms with Gasteiger partial charge in [0.2, 0.25) is 0 Å². The van der Waals surface area contributed by atoms with Gasteiger partial charge in [0.15, 0.2) is 17.3 Å². The Morgan fingerprint density at radius 2 is 1.89 bits per heavy atom. The number of hydrogen-bond acceptors (Lipinski definition) is 6. The van der Waals surface area contributed by atoms with Crippen LogP contribution < -0.4 is 8.92 Å². The fourth-order valence-corrected chi connectivity index (χ4v) is 6.83. The van der Waals surface area contributed by atoms with Crippen molar-refractivity contribution in [2.75, 3.05) is 13.4 Å². The molecule has 2 aliphatic carbocycles. The van der Waals surface area contributed by atoms with Crippen molar-refractivity contribution in [2.24, 2.45) is 5.92 Å². The Bertz CT molecular complexity index is 926. The molecule has 0 aromatic heterocycles. The molecule has 1 N–H and O–H groups in total. The Kier molecular flexibility index (Phi) is 5.03. The highest BCUT2D eigenvalue weighted by Gasteiger charge is 2.42. The first-order valence-electron chi connectivity index (χ1n) is 9.00. The molecule has 0 radical (unpaired) electrons. The maximum absolute atomic E-state index is 12.8. The fourth-order valence-electron chi connectivity index (χ4n) is 4.28. The molecule has 0 amide bonds. The number of carbonyl (C=O) groups excluding carboxylic acids is 1. The lowest BCUT2D eigenvalue weighted by molar-refractivity contribution is -0.115. The lowest BCUT2D eigenvalue weighted by Gasteiger charge is -2.39. The van der Waals surface area contributed by atoms with E-state index in [0.717, 1.165) is 17.0 Å². The number of aliphatic hydroxyl groups is 1. The summed E-state index contributed by atoms with van der Waals surface area (Å²) in [4.78, 5) is 12.8. The van der Waals surface area contributed by atoms with Crippen LogP contribution in [0, 0.1) is 5.92 Å². The molecule has 0 saturated carbocycles. The Balaban J connectivity index is 2.38. The highest BCUT2D eigenvalue weighted by atomic mass is 32.2. The van der Waals surface area contributed by atoms with E-state index in [9.17, 15) is 18.3 Å². The molecule has 2 aliphatic rings. The molecular weight excluding hydrogens is 384 g/mol. The maximum Gasteiger partial charge on any atom is 0.306 e. The summed E-state index contributed by atoms with van der Waals surface area (Å²) in [5.74, 6) is 0.544. The highest BCUT2D eigenvalue weighted by Crippen LogP contribution is 2.53. The number of ketones is 1. The van der Waals surface area contributed by atoms with Gasteiger partial charge in [0.05, 0.1) is 27.5 Å². The van der Waals surface area contributed by atoms with Crippen molar-refractivity contribution in [2.45, 2.75) is 45.0 Å². The average Bonchev–Trinajstić information content (AvgIpc) is 2.52. The summed E-state index contributed by atoms with van der Waals surface area (Å²) < 4.78 is 34.0. The van der Waals surface area contributed by atoms with E-state index in [1.165, 1.54) is 13.2 Å². The minimum atomic E-state index is -3.75. The Hall–Kier alpha value is -1.64. The lowest BCUT2D eigenvalue weighted by atomic mass is 9.72. The van der Waals surface area contributed by atoms with Gasteiger partial charge in [0, 0.05) is 12.0 Å². The SMILES string of the molecule is COc1c(OS(C)(=O)=O)ccc2c1C1=C([Si](C)(C)C)C(=O)CC[C@@H]1C[C@@H]2O. The van der Waals surface area contributed by atoms with Gasteiger partial charge < -0.3 is 14.0 Å². The van der Waals surface area contributed by atoms with Crippen LogP contribution in [-0.2, 0) is 14.9 Å². The molecule has 0 aliphatic heterocycles. The molecule has 8 heteroatoms. The summed E-state index contributed by atoms with van der Waals surface area (Å²) in [5.41, 5.74) is 2.21. The summed E-state index contributed by atoms with van der Waals surface area (Å²) in [6.45, 7) is 6.39. The summed E-state index contributed by atoms with van der Waals surface area (Å²) in [5, 5.41) is 11.6. The number of fused-ring (bicyclic) bond motifs is 3. The number of benzene rings is 1. The van der Waals surface area contributed by atoms with Gasteiger partial charge in [-0.15, -0.1) is 0 Å². The number of hydrogen-bond donors (Lipinski definition) is 1. The minimum absolute atomic E-state index is 0.0503. The first-order chi connectivity index (χ1) is 12.4. The molecule has 2 atom stereocenters. The van der Waals surface area contributed by atoms with E-state index in [1.54, 1.807) is 6.07 Å². The number of allylic oxidation sites excluding steroid dienone is 2. The van der Waals surface area contributed by atoms with Crippen LogP contribution in [0.25, 0.3) is 5.57 Å². The van der Waals surface area contributed by atoms with E-state index >= 15 is 0 Å². The standard InChI is InChI=1S/C19H26O6SSi/c1-24-18-15(25-26(2,22)23)9-7-12-14(21)10-11-6-8-13(20)19(27(3,4)5)16(11)17(12)18/h7,9,11,14,21H,6,8,10H2,1-5H3/t11-,14+/m1/s1. The number of rotatable bonds is 4. The summed E-state index contributed by atoms with van der Waals surface area (Å²) in [6.07, 6.45) is 2.00. The van der Waals surface area contributed by atoms with Crippen LogP contribution in [0.15, 0.2) is 17.3 Å². The molecule has 0 spiro atoms. The van der Waals surface area contributed by atoms with Gasteiger partial charge in [-0.1, -0.05) is 25.7 Å². The lowest BCUT2D eigenvalue weighted by Crippen LogP contribution is -2.37. The van der Waals surface area contributed by atoms with Crippen molar-refractivity contribution in [1.82, 2.24) is 0 Å². The predicted octanol–water partition coefficient (Wildman–Crippen LogP) is 3.08. The molecule has 0 saturated heterocycles. The second-order valence-corrected chi connectivity index (χ2v) is 14.9. The third-order valence-electron chi connectivity index (χ3n) is 5.16. The maximum atomic E-state index is 12.8. The largest absolute Gasteiger partial charge is 0.492 e. The Morgan fingerprint density at radius 3 is 2.44 bits per heavy atom. The molecule has 0 heterocycles. The average molecular weight is 411 g/mol. The van der Waals surface area contributed by atoms with E-state index in [0.29, 0.717) is 30.4 Å². The van der Waals surface area contributed by atoms with Crippen LogP contribution >= 0.6 is 0 Å². The van der Waals surface area contributed by atoms with E-state index < -0.39 is 24.3 Å². The van der Waals surface area contributed by atoms with E-state index in [1.807, 2.05) is 0 Å². The van der Waals surface area contributed by atoms with E-state index in [-0.39, 0.29) is 23.2 Å². The number of carbonyl (C=O) groups is 1. The summed E-state index contributed by atoms with van der Waals surface area (Å²) in [6, 6.07) is 3.18. The smallest absolute Gasteiger partial charge is 0.306 e. The quantitative estimate of drug-likeness (QED) is 0.606. The van der Waals surface area contributed by atoms with Gasteiger partial charge in [-0.2, -0.15) is 8.42 Å². The van der Waals surface area contributed by atoms with Gasteiger partial charge in [-0.3, -0.25) is 4.79 Å². The number of Topliss-reactive ketones (excluding diaryl/α,β-unsaturated/α-hetero) is 1. The minimum Gasteiger partial charge on any atom is -0.492 e. The molecule has 1 aromatic carbocycles. The number of ether oxygens (including phenoxy) is 1. The highest BCUT2D eigenvalue weighted by molar-refractivity contribution is 7.86. The molecule has 6 nitrogen and oxygen atoms in total. The van der Waals surface area contributed by atoms with Crippen LogP contribution in [0.4, 0.5) is 0 Å².